The Bertz CT molecular complexity index is 821. The van der Waals surface area contributed by atoms with Gasteiger partial charge < -0.3 is 10.1 Å². The van der Waals surface area contributed by atoms with Gasteiger partial charge in [-0.3, -0.25) is 4.79 Å². The molecule has 122 valence electrons. The first-order valence-corrected chi connectivity index (χ1v) is 7.72. The lowest BCUT2D eigenvalue weighted by atomic mass is 10.1. The molecule has 2 aromatic carbocycles. The number of rotatable bonds is 5. The van der Waals surface area contributed by atoms with Crippen molar-refractivity contribution in [3.05, 3.63) is 77.6 Å². The summed E-state index contributed by atoms with van der Waals surface area (Å²) >= 11 is 0. The number of carbonyl (C=O) groups excluding carboxylic acids is 1. The lowest BCUT2D eigenvalue weighted by Gasteiger charge is -2.10. The number of ether oxygens (including phenoxy) is 1. The molecule has 0 spiro atoms. The molecule has 1 heterocycles. The Hall–Kier alpha value is -3.08. The molecule has 5 heteroatoms. The molecule has 0 saturated heterocycles. The SMILES string of the molecule is Cc1cccc(C)c1NC(=O)c1ccn(COc2ccccc2)n1. The van der Waals surface area contributed by atoms with E-state index in [0.29, 0.717) is 5.69 Å². The number of anilines is 1. The molecule has 3 aromatic rings. The number of benzene rings is 2. The van der Waals surface area contributed by atoms with E-state index in [0.717, 1.165) is 22.6 Å². The lowest BCUT2D eigenvalue weighted by molar-refractivity contribution is 0.102. The summed E-state index contributed by atoms with van der Waals surface area (Å²) < 4.78 is 7.20. The van der Waals surface area contributed by atoms with Gasteiger partial charge >= 0.3 is 0 Å². The molecule has 1 amide bonds. The monoisotopic (exact) mass is 321 g/mol. The fourth-order valence-corrected chi connectivity index (χ4v) is 2.40. The zero-order valence-electron chi connectivity index (χ0n) is 13.7. The van der Waals surface area contributed by atoms with Crippen LogP contribution in [0, 0.1) is 13.8 Å². The van der Waals surface area contributed by atoms with E-state index in [9.17, 15) is 4.79 Å². The van der Waals surface area contributed by atoms with Crippen LogP contribution in [0.5, 0.6) is 5.75 Å². The van der Waals surface area contributed by atoms with Gasteiger partial charge in [-0.1, -0.05) is 36.4 Å². The molecule has 0 atom stereocenters. The summed E-state index contributed by atoms with van der Waals surface area (Å²) in [7, 11) is 0. The van der Waals surface area contributed by atoms with Gasteiger partial charge in [-0.05, 0) is 43.2 Å². The van der Waals surface area contributed by atoms with Crippen molar-refractivity contribution in [1.29, 1.82) is 0 Å². The normalized spacial score (nSPS) is 10.4. The Labute approximate surface area is 140 Å². The standard InChI is InChI=1S/C19H19N3O2/c1-14-7-6-8-15(2)18(14)20-19(23)17-11-12-22(21-17)13-24-16-9-4-3-5-10-16/h3-12H,13H2,1-2H3,(H,20,23). The number of amides is 1. The first-order chi connectivity index (χ1) is 11.6. The van der Waals surface area contributed by atoms with Gasteiger partial charge in [0.2, 0.25) is 0 Å². The van der Waals surface area contributed by atoms with Gasteiger partial charge in [0.25, 0.3) is 5.91 Å². The summed E-state index contributed by atoms with van der Waals surface area (Å²) in [5, 5.41) is 7.19. The Kier molecular flexibility index (Phi) is 4.61. The van der Waals surface area contributed by atoms with Gasteiger partial charge in [0.1, 0.15) is 5.75 Å². The Morgan fingerprint density at radius 3 is 2.46 bits per heavy atom. The van der Waals surface area contributed by atoms with Crippen molar-refractivity contribution >= 4 is 11.6 Å². The van der Waals surface area contributed by atoms with Crippen LogP contribution < -0.4 is 10.1 Å². The second-order valence-electron chi connectivity index (χ2n) is 5.55. The summed E-state index contributed by atoms with van der Waals surface area (Å²) in [4.78, 5) is 12.4. The zero-order chi connectivity index (χ0) is 16.9. The zero-order valence-corrected chi connectivity index (χ0v) is 13.7. The molecule has 0 fully saturated rings. The van der Waals surface area contributed by atoms with Crippen molar-refractivity contribution in [3.8, 4) is 5.75 Å². The highest BCUT2D eigenvalue weighted by molar-refractivity contribution is 6.03. The molecule has 5 nitrogen and oxygen atoms in total. The third kappa shape index (κ3) is 3.63. The Morgan fingerprint density at radius 1 is 1.04 bits per heavy atom. The molecule has 3 rings (SSSR count). The average molecular weight is 321 g/mol. The van der Waals surface area contributed by atoms with Crippen LogP contribution in [0.25, 0.3) is 0 Å². The van der Waals surface area contributed by atoms with Gasteiger partial charge in [0, 0.05) is 11.9 Å². The highest BCUT2D eigenvalue weighted by atomic mass is 16.5. The average Bonchev–Trinajstić information content (AvgIpc) is 3.06. The topological polar surface area (TPSA) is 56.2 Å². The van der Waals surface area contributed by atoms with E-state index in [1.54, 1.807) is 16.9 Å². The highest BCUT2D eigenvalue weighted by Crippen LogP contribution is 2.20. The maximum atomic E-state index is 12.4. The third-order valence-electron chi connectivity index (χ3n) is 3.70. The summed E-state index contributed by atoms with van der Waals surface area (Å²) in [5.41, 5.74) is 3.23. The number of nitrogens with zero attached hydrogens (tertiary/aromatic N) is 2. The van der Waals surface area contributed by atoms with Crippen LogP contribution in [-0.2, 0) is 6.73 Å². The minimum Gasteiger partial charge on any atom is -0.471 e. The second-order valence-corrected chi connectivity index (χ2v) is 5.55. The van der Waals surface area contributed by atoms with Gasteiger partial charge in [0.15, 0.2) is 12.4 Å². The summed E-state index contributed by atoms with van der Waals surface area (Å²) in [6.45, 7) is 4.19. The second kappa shape index (κ2) is 7.00. The Morgan fingerprint density at radius 2 is 1.75 bits per heavy atom. The van der Waals surface area contributed by atoms with Crippen LogP contribution in [-0.4, -0.2) is 15.7 Å². The van der Waals surface area contributed by atoms with Crippen LogP contribution in [0.3, 0.4) is 0 Å². The maximum Gasteiger partial charge on any atom is 0.276 e. The first-order valence-electron chi connectivity index (χ1n) is 7.72. The number of carbonyl (C=O) groups is 1. The van der Waals surface area contributed by atoms with E-state index in [-0.39, 0.29) is 12.6 Å². The first kappa shape index (κ1) is 15.8. The van der Waals surface area contributed by atoms with Crippen LogP contribution in [0.15, 0.2) is 60.8 Å². The fraction of sp³-hybridized carbons (Fsp3) is 0.158. The maximum absolute atomic E-state index is 12.4. The quantitative estimate of drug-likeness (QED) is 0.778. The van der Waals surface area contributed by atoms with E-state index in [2.05, 4.69) is 10.4 Å². The lowest BCUT2D eigenvalue weighted by Crippen LogP contribution is -2.15. The molecule has 0 aliphatic carbocycles. The van der Waals surface area contributed by atoms with E-state index in [4.69, 9.17) is 4.74 Å². The molecule has 0 aliphatic heterocycles. The van der Waals surface area contributed by atoms with E-state index in [1.165, 1.54) is 0 Å². The van der Waals surface area contributed by atoms with Crippen molar-refractivity contribution in [2.24, 2.45) is 0 Å². The molecule has 0 aliphatic rings. The van der Waals surface area contributed by atoms with E-state index >= 15 is 0 Å². The number of aryl methyl sites for hydroxylation is 2. The Balaban J connectivity index is 1.65. The molecule has 0 bridgehead atoms. The predicted molar refractivity (Wildman–Crippen MR) is 93.2 cm³/mol. The smallest absolute Gasteiger partial charge is 0.276 e. The van der Waals surface area contributed by atoms with Crippen molar-refractivity contribution < 1.29 is 9.53 Å². The molecular weight excluding hydrogens is 302 g/mol. The molecule has 0 radical (unpaired) electrons. The van der Waals surface area contributed by atoms with E-state index < -0.39 is 0 Å². The third-order valence-corrected chi connectivity index (χ3v) is 3.70. The summed E-state index contributed by atoms with van der Waals surface area (Å²) in [6.07, 6.45) is 1.72. The van der Waals surface area contributed by atoms with Crippen molar-refractivity contribution in [1.82, 2.24) is 9.78 Å². The van der Waals surface area contributed by atoms with Crippen molar-refractivity contribution in [2.75, 3.05) is 5.32 Å². The van der Waals surface area contributed by atoms with Crippen LogP contribution in [0.1, 0.15) is 21.6 Å². The minimum atomic E-state index is -0.231. The highest BCUT2D eigenvalue weighted by Gasteiger charge is 2.12. The molecule has 0 saturated carbocycles. The molecule has 24 heavy (non-hydrogen) atoms. The van der Waals surface area contributed by atoms with Gasteiger partial charge in [-0.15, -0.1) is 0 Å². The molecule has 0 unspecified atom stereocenters. The summed E-state index contributed by atoms with van der Waals surface area (Å²) in [6, 6.07) is 17.1. The summed E-state index contributed by atoms with van der Waals surface area (Å²) in [5.74, 6) is 0.528. The molecular formula is C19H19N3O2. The number of para-hydroxylation sites is 2. The van der Waals surface area contributed by atoms with Crippen molar-refractivity contribution in [2.45, 2.75) is 20.6 Å². The van der Waals surface area contributed by atoms with Crippen LogP contribution >= 0.6 is 0 Å². The number of hydrogen-bond donors (Lipinski definition) is 1. The number of hydrogen-bond acceptors (Lipinski definition) is 3. The fourth-order valence-electron chi connectivity index (χ4n) is 2.40. The number of nitrogens with one attached hydrogen (secondary N) is 1. The molecule has 1 N–H and O–H groups in total. The van der Waals surface area contributed by atoms with E-state index in [1.807, 2.05) is 62.4 Å². The number of aromatic nitrogens is 2. The van der Waals surface area contributed by atoms with Crippen LogP contribution in [0.4, 0.5) is 5.69 Å². The molecule has 1 aromatic heterocycles. The van der Waals surface area contributed by atoms with Gasteiger partial charge in [-0.2, -0.15) is 5.10 Å². The largest absolute Gasteiger partial charge is 0.471 e. The van der Waals surface area contributed by atoms with Crippen molar-refractivity contribution in [3.63, 3.8) is 0 Å². The van der Waals surface area contributed by atoms with Gasteiger partial charge in [-0.25, -0.2) is 4.68 Å². The van der Waals surface area contributed by atoms with Gasteiger partial charge in [0.05, 0.1) is 0 Å². The van der Waals surface area contributed by atoms with Crippen LogP contribution in [0.2, 0.25) is 0 Å². The predicted octanol–water partition coefficient (Wildman–Crippen LogP) is 3.79. The minimum absolute atomic E-state index is 0.231.